The highest BCUT2D eigenvalue weighted by molar-refractivity contribution is 6.06. The molecular formula is C26H19F3N6O5. The fourth-order valence-electron chi connectivity index (χ4n) is 4.11. The second-order valence-corrected chi connectivity index (χ2v) is 8.75. The number of rotatable bonds is 8. The molecule has 0 radical (unpaired) electrons. The van der Waals surface area contributed by atoms with Crippen LogP contribution in [0.15, 0.2) is 54.7 Å². The Labute approximate surface area is 224 Å². The van der Waals surface area contributed by atoms with Gasteiger partial charge < -0.3 is 4.74 Å². The summed E-state index contributed by atoms with van der Waals surface area (Å²) >= 11 is 0. The first-order chi connectivity index (χ1) is 18.9. The van der Waals surface area contributed by atoms with Crippen molar-refractivity contribution < 1.29 is 32.4 Å². The molecule has 0 amide bonds. The second-order valence-electron chi connectivity index (χ2n) is 8.75. The van der Waals surface area contributed by atoms with Crippen molar-refractivity contribution >= 4 is 28.3 Å². The van der Waals surface area contributed by atoms with E-state index in [1.165, 1.54) is 19.9 Å². The SMILES string of the molecule is CCC(OC(=O)c1ccc([N+](=O)[O-])cc1)(c1cn(Cc2ccc3c(C(C)=O)cc(C#N)nc3c2)nn1)C(F)(F)F. The number of nitriles is 1. The molecule has 4 rings (SSSR count). The van der Waals surface area contributed by atoms with E-state index in [0.717, 1.165) is 35.1 Å². The predicted molar refractivity (Wildman–Crippen MR) is 132 cm³/mol. The van der Waals surface area contributed by atoms with E-state index < -0.39 is 34.8 Å². The van der Waals surface area contributed by atoms with Crippen molar-refractivity contribution in [2.24, 2.45) is 0 Å². The van der Waals surface area contributed by atoms with E-state index in [4.69, 9.17) is 4.74 Å². The number of alkyl halides is 3. The Hall–Kier alpha value is -5.19. The number of nitrogens with zero attached hydrogens (tertiary/aromatic N) is 6. The van der Waals surface area contributed by atoms with Crippen LogP contribution in [0.1, 0.15) is 57.9 Å². The van der Waals surface area contributed by atoms with E-state index in [1.807, 2.05) is 6.07 Å². The second kappa shape index (κ2) is 10.5. The van der Waals surface area contributed by atoms with Crippen LogP contribution >= 0.6 is 0 Å². The maximum Gasteiger partial charge on any atom is 0.434 e. The molecule has 11 nitrogen and oxygen atoms in total. The molecule has 1 unspecified atom stereocenters. The number of nitro benzene ring substituents is 1. The largest absolute Gasteiger partial charge is 0.439 e. The zero-order valence-electron chi connectivity index (χ0n) is 21.0. The lowest BCUT2D eigenvalue weighted by molar-refractivity contribution is -0.384. The normalized spacial score (nSPS) is 12.9. The number of halogens is 3. The Balaban J connectivity index is 1.66. The van der Waals surface area contributed by atoms with Gasteiger partial charge in [-0.1, -0.05) is 24.3 Å². The molecule has 2 aromatic heterocycles. The van der Waals surface area contributed by atoms with Gasteiger partial charge in [-0.3, -0.25) is 14.9 Å². The quantitative estimate of drug-likeness (QED) is 0.129. The number of non-ortho nitro benzene ring substituents is 1. The van der Waals surface area contributed by atoms with Gasteiger partial charge >= 0.3 is 12.1 Å². The number of ketones is 1. The molecule has 0 aliphatic carbocycles. The van der Waals surface area contributed by atoms with E-state index in [-0.39, 0.29) is 29.3 Å². The van der Waals surface area contributed by atoms with Gasteiger partial charge in [0.25, 0.3) is 11.3 Å². The van der Waals surface area contributed by atoms with Crippen molar-refractivity contribution in [3.05, 3.63) is 92.9 Å². The number of nitro groups is 1. The number of carbonyl (C=O) groups is 2. The Kier molecular flexibility index (Phi) is 7.32. The van der Waals surface area contributed by atoms with Gasteiger partial charge in [-0.2, -0.15) is 18.4 Å². The van der Waals surface area contributed by atoms with E-state index >= 15 is 0 Å². The highest BCUT2D eigenvalue weighted by Gasteiger charge is 2.60. The van der Waals surface area contributed by atoms with Gasteiger partial charge in [-0.15, -0.1) is 5.10 Å². The van der Waals surface area contributed by atoms with Crippen LogP contribution in [0.5, 0.6) is 0 Å². The highest BCUT2D eigenvalue weighted by Crippen LogP contribution is 2.44. The summed E-state index contributed by atoms with van der Waals surface area (Å²) in [5.41, 5.74) is -3.24. The van der Waals surface area contributed by atoms with E-state index in [2.05, 4.69) is 15.3 Å². The van der Waals surface area contributed by atoms with Gasteiger partial charge in [0.15, 0.2) is 5.78 Å². The maximum atomic E-state index is 14.4. The lowest BCUT2D eigenvalue weighted by Crippen LogP contribution is -2.46. The van der Waals surface area contributed by atoms with Crippen molar-refractivity contribution in [2.45, 2.75) is 38.6 Å². The van der Waals surface area contributed by atoms with Gasteiger partial charge in [-0.25, -0.2) is 14.5 Å². The molecule has 40 heavy (non-hydrogen) atoms. The minimum Gasteiger partial charge on any atom is -0.439 e. The van der Waals surface area contributed by atoms with Crippen LogP contribution < -0.4 is 0 Å². The predicted octanol–water partition coefficient (Wildman–Crippen LogP) is 4.88. The smallest absolute Gasteiger partial charge is 0.434 e. The lowest BCUT2D eigenvalue weighted by atomic mass is 9.95. The molecule has 204 valence electrons. The monoisotopic (exact) mass is 552 g/mol. The van der Waals surface area contributed by atoms with Crippen molar-refractivity contribution in [1.82, 2.24) is 20.0 Å². The number of pyridine rings is 1. The summed E-state index contributed by atoms with van der Waals surface area (Å²) in [6.45, 7) is 2.48. The first kappa shape index (κ1) is 27.8. The number of hydrogen-bond acceptors (Lipinski definition) is 9. The van der Waals surface area contributed by atoms with Crippen LogP contribution in [-0.4, -0.2) is 42.8 Å². The van der Waals surface area contributed by atoms with Crippen molar-refractivity contribution in [3.63, 3.8) is 0 Å². The van der Waals surface area contributed by atoms with Crippen molar-refractivity contribution in [2.75, 3.05) is 0 Å². The third-order valence-electron chi connectivity index (χ3n) is 6.20. The van der Waals surface area contributed by atoms with E-state index in [1.54, 1.807) is 18.2 Å². The topological polar surface area (TPSA) is 154 Å². The van der Waals surface area contributed by atoms with Gasteiger partial charge in [0.05, 0.1) is 28.7 Å². The fourth-order valence-corrected chi connectivity index (χ4v) is 4.11. The minimum absolute atomic E-state index is 0.0330. The van der Waals surface area contributed by atoms with Gasteiger partial charge in [-0.05, 0) is 43.2 Å². The van der Waals surface area contributed by atoms with E-state index in [9.17, 15) is 38.1 Å². The Morgan fingerprint density at radius 3 is 2.42 bits per heavy atom. The summed E-state index contributed by atoms with van der Waals surface area (Å²) in [5.74, 6) is -1.61. The van der Waals surface area contributed by atoms with Gasteiger partial charge in [0, 0.05) is 23.1 Å². The number of esters is 1. The first-order valence-corrected chi connectivity index (χ1v) is 11.7. The average molecular weight is 552 g/mol. The third kappa shape index (κ3) is 5.21. The maximum absolute atomic E-state index is 14.4. The molecule has 0 saturated heterocycles. The van der Waals surface area contributed by atoms with Crippen molar-refractivity contribution in [1.29, 1.82) is 5.26 Å². The molecule has 2 heterocycles. The molecule has 0 aliphatic heterocycles. The van der Waals surface area contributed by atoms with Crippen LogP contribution in [-0.2, 0) is 16.9 Å². The Bertz CT molecular complexity index is 1680. The molecule has 0 aliphatic rings. The average Bonchev–Trinajstić information content (AvgIpc) is 3.38. The molecule has 0 bridgehead atoms. The van der Waals surface area contributed by atoms with Gasteiger partial charge in [0.2, 0.25) is 0 Å². The fraction of sp³-hybridized carbons (Fsp3) is 0.231. The zero-order valence-corrected chi connectivity index (χ0v) is 21.0. The molecule has 0 N–H and O–H groups in total. The summed E-state index contributed by atoms with van der Waals surface area (Å²) in [7, 11) is 0. The first-order valence-electron chi connectivity index (χ1n) is 11.7. The molecule has 0 saturated carbocycles. The van der Waals surface area contributed by atoms with E-state index in [0.29, 0.717) is 22.0 Å². The number of Topliss-reactive ketones (excluding diaryl/α,β-unsaturated/α-hetero) is 1. The Morgan fingerprint density at radius 2 is 1.85 bits per heavy atom. The molecule has 0 fully saturated rings. The molecule has 1 atom stereocenters. The summed E-state index contributed by atoms with van der Waals surface area (Å²) in [4.78, 5) is 39.0. The number of ether oxygens (including phenoxy) is 1. The summed E-state index contributed by atoms with van der Waals surface area (Å²) in [5, 5.41) is 28.0. The van der Waals surface area contributed by atoms with Crippen molar-refractivity contribution in [3.8, 4) is 6.07 Å². The van der Waals surface area contributed by atoms with Crippen LogP contribution in [0.4, 0.5) is 18.9 Å². The molecule has 0 spiro atoms. The minimum atomic E-state index is -5.08. The molecule has 14 heteroatoms. The van der Waals surface area contributed by atoms with Crippen LogP contribution in [0.3, 0.4) is 0 Å². The molecule has 2 aromatic carbocycles. The summed E-state index contributed by atoms with van der Waals surface area (Å²) in [6.07, 6.45) is -4.80. The number of hydrogen-bond donors (Lipinski definition) is 0. The highest BCUT2D eigenvalue weighted by atomic mass is 19.4. The van der Waals surface area contributed by atoms with Crippen LogP contribution in [0, 0.1) is 21.4 Å². The zero-order chi connectivity index (χ0) is 29.2. The van der Waals surface area contributed by atoms with Crippen LogP contribution in [0.25, 0.3) is 10.9 Å². The summed E-state index contributed by atoms with van der Waals surface area (Å²) < 4.78 is 49.3. The number of fused-ring (bicyclic) bond motifs is 1. The lowest BCUT2D eigenvalue weighted by Gasteiger charge is -2.32. The number of benzene rings is 2. The number of aromatic nitrogens is 4. The van der Waals surface area contributed by atoms with Crippen LogP contribution in [0.2, 0.25) is 0 Å². The number of carbonyl (C=O) groups excluding carboxylic acids is 2. The molecule has 4 aromatic rings. The Morgan fingerprint density at radius 1 is 1.15 bits per heavy atom. The third-order valence-corrected chi connectivity index (χ3v) is 6.20. The summed E-state index contributed by atoms with van der Waals surface area (Å²) in [6, 6.07) is 12.1. The standard InChI is InChI=1S/C26H19F3N6O5/c1-3-25(26(27,28)29,40-24(37)17-5-7-19(8-6-17)35(38)39)23-14-34(33-32-23)13-16-4-9-20-21(15(2)36)11-18(12-30)31-22(20)10-16/h4-11,14H,3,13H2,1-2H3. The molecular weight excluding hydrogens is 533 g/mol. The van der Waals surface area contributed by atoms with Gasteiger partial charge in [0.1, 0.15) is 17.5 Å².